The zero-order chi connectivity index (χ0) is 20.9. The molecule has 1 fully saturated rings. The molecule has 0 N–H and O–H groups in total. The molecule has 2 aromatic carbocycles. The van der Waals surface area contributed by atoms with Gasteiger partial charge in [0.05, 0.1) is 13.2 Å². The molecule has 0 bridgehead atoms. The second-order valence-corrected chi connectivity index (χ2v) is 8.61. The molecule has 0 radical (unpaired) electrons. The minimum absolute atomic E-state index is 0.243. The minimum Gasteiger partial charge on any atom is -0.368 e. The fourth-order valence-electron chi connectivity index (χ4n) is 3.59. The van der Waals surface area contributed by atoms with Crippen molar-refractivity contribution in [3.8, 4) is 0 Å². The Hall–Kier alpha value is -2.19. The van der Waals surface area contributed by atoms with E-state index in [0.29, 0.717) is 13.2 Å². The summed E-state index contributed by atoms with van der Waals surface area (Å²) < 4.78 is 18.6. The van der Waals surface area contributed by atoms with E-state index in [4.69, 9.17) is 19.2 Å². The fraction of sp³-hybridized carbons (Fsp3) is 0.391. The number of hydrogen-bond donors (Lipinski definition) is 0. The maximum absolute atomic E-state index is 11.9. The molecule has 2 aliphatic heterocycles. The predicted molar refractivity (Wildman–Crippen MR) is 117 cm³/mol. The van der Waals surface area contributed by atoms with Crippen LogP contribution in [0.1, 0.15) is 11.1 Å². The molecule has 158 valence electrons. The van der Waals surface area contributed by atoms with E-state index in [1.165, 1.54) is 11.8 Å². The van der Waals surface area contributed by atoms with E-state index >= 15 is 0 Å². The van der Waals surface area contributed by atoms with Crippen LogP contribution < -0.4 is 0 Å². The van der Waals surface area contributed by atoms with Gasteiger partial charge in [-0.15, -0.1) is 0 Å². The van der Waals surface area contributed by atoms with E-state index in [1.807, 2.05) is 79.7 Å². The van der Waals surface area contributed by atoms with Crippen LogP contribution in [0.2, 0.25) is 0 Å². The number of aliphatic imine (C=N–C) groups is 1. The molecular weight excluding hydrogens is 400 g/mol. The highest BCUT2D eigenvalue weighted by Crippen LogP contribution is 2.39. The smallest absolute Gasteiger partial charge is 0.161 e. The topological polar surface area (TPSA) is 60.4 Å². The third-order valence-corrected chi connectivity index (χ3v) is 6.43. The summed E-state index contributed by atoms with van der Waals surface area (Å²) in [6.07, 6.45) is -0.829. The molecule has 5 atom stereocenters. The number of ether oxygens (including phenoxy) is 3. The molecular formula is C23H26N2O4S. The Labute approximate surface area is 181 Å². The van der Waals surface area contributed by atoms with Crippen LogP contribution in [0.5, 0.6) is 0 Å². The van der Waals surface area contributed by atoms with Crippen LogP contribution in [0.15, 0.2) is 65.7 Å². The van der Waals surface area contributed by atoms with Gasteiger partial charge in [-0.2, -0.15) is 0 Å². The summed E-state index contributed by atoms with van der Waals surface area (Å²) in [6, 6.07) is 19.6. The van der Waals surface area contributed by atoms with Crippen molar-refractivity contribution < 1.29 is 19.0 Å². The van der Waals surface area contributed by atoms with Crippen molar-refractivity contribution >= 4 is 23.2 Å². The number of thioether (sulfide) groups is 1. The van der Waals surface area contributed by atoms with Crippen LogP contribution >= 0.6 is 11.8 Å². The van der Waals surface area contributed by atoms with E-state index in [-0.39, 0.29) is 11.5 Å². The Balaban J connectivity index is 1.56. The summed E-state index contributed by atoms with van der Waals surface area (Å²) in [5.74, 6) is 0. The molecule has 7 heteroatoms. The molecule has 2 heterocycles. The van der Waals surface area contributed by atoms with Crippen molar-refractivity contribution in [2.75, 3.05) is 14.1 Å². The zero-order valence-corrected chi connectivity index (χ0v) is 17.9. The largest absolute Gasteiger partial charge is 0.368 e. The Morgan fingerprint density at radius 3 is 2.07 bits per heavy atom. The monoisotopic (exact) mass is 426 g/mol. The second kappa shape index (κ2) is 9.75. The molecule has 0 unspecified atom stereocenters. The number of fused-ring (bicyclic) bond motifs is 1. The molecule has 1 saturated heterocycles. The Morgan fingerprint density at radius 2 is 1.53 bits per heavy atom. The molecule has 0 amide bonds. The van der Waals surface area contributed by atoms with E-state index < -0.39 is 18.3 Å². The van der Waals surface area contributed by atoms with Gasteiger partial charge in [-0.1, -0.05) is 72.4 Å². The second-order valence-electron chi connectivity index (χ2n) is 7.54. The number of benzene rings is 2. The Bertz CT molecular complexity index is 862. The van der Waals surface area contributed by atoms with Gasteiger partial charge in [0, 0.05) is 14.1 Å². The quantitative estimate of drug-likeness (QED) is 0.634. The highest BCUT2D eigenvalue weighted by atomic mass is 32.2. The van der Waals surface area contributed by atoms with Crippen molar-refractivity contribution in [2.24, 2.45) is 4.99 Å². The van der Waals surface area contributed by atoms with Gasteiger partial charge >= 0.3 is 0 Å². The molecule has 0 saturated carbocycles. The van der Waals surface area contributed by atoms with Gasteiger partial charge in [-0.05, 0) is 11.1 Å². The molecule has 2 aliphatic rings. The van der Waals surface area contributed by atoms with Crippen LogP contribution in [0, 0.1) is 0 Å². The number of nitrogens with zero attached hydrogens (tertiary/aromatic N) is 2. The lowest BCUT2D eigenvalue weighted by atomic mass is 9.98. The molecule has 2 aromatic rings. The van der Waals surface area contributed by atoms with Crippen molar-refractivity contribution in [1.82, 2.24) is 4.90 Å². The first kappa shape index (κ1) is 21.1. The summed E-state index contributed by atoms with van der Waals surface area (Å²) in [4.78, 5) is 18.7. The first-order valence-electron chi connectivity index (χ1n) is 9.99. The SMILES string of the molecule is CN(C)C1=N[C@@H]2[C@@H](OCc3ccccc3)[C@H](OCc3ccccc3)[C@@H](C=O)O[C@@H]2S1. The van der Waals surface area contributed by atoms with Gasteiger partial charge in [0.25, 0.3) is 0 Å². The highest BCUT2D eigenvalue weighted by molar-refractivity contribution is 8.14. The lowest BCUT2D eigenvalue weighted by Gasteiger charge is -2.40. The first-order valence-corrected chi connectivity index (χ1v) is 10.9. The molecule has 0 aliphatic carbocycles. The van der Waals surface area contributed by atoms with Crippen LogP contribution in [-0.4, -0.2) is 60.2 Å². The van der Waals surface area contributed by atoms with Crippen molar-refractivity contribution in [1.29, 1.82) is 0 Å². The van der Waals surface area contributed by atoms with Gasteiger partial charge in [0.1, 0.15) is 29.8 Å². The van der Waals surface area contributed by atoms with E-state index in [9.17, 15) is 4.79 Å². The van der Waals surface area contributed by atoms with E-state index in [1.54, 1.807) is 0 Å². The van der Waals surface area contributed by atoms with Crippen molar-refractivity contribution in [3.05, 3.63) is 71.8 Å². The third kappa shape index (κ3) is 4.75. The zero-order valence-electron chi connectivity index (χ0n) is 17.1. The Kier molecular flexibility index (Phi) is 6.84. The minimum atomic E-state index is -0.708. The lowest BCUT2D eigenvalue weighted by Crippen LogP contribution is -2.57. The molecule has 4 rings (SSSR count). The van der Waals surface area contributed by atoms with Crippen LogP contribution in [0.25, 0.3) is 0 Å². The summed E-state index contributed by atoms with van der Waals surface area (Å²) in [5, 5.41) is 0.867. The van der Waals surface area contributed by atoms with Gasteiger partial charge in [-0.25, -0.2) is 0 Å². The maximum atomic E-state index is 11.9. The van der Waals surface area contributed by atoms with Gasteiger partial charge in [0.15, 0.2) is 11.5 Å². The third-order valence-electron chi connectivity index (χ3n) is 5.12. The fourth-order valence-corrected chi connectivity index (χ4v) is 4.73. The van der Waals surface area contributed by atoms with Crippen LogP contribution in [0.4, 0.5) is 0 Å². The number of amidine groups is 1. The standard InChI is InChI=1S/C23H26N2O4S/c1-25(2)23-24-19-21(28-15-17-11-7-4-8-12-17)20(18(13-26)29-22(19)30-23)27-14-16-9-5-3-6-10-16/h3-13,18-22H,14-15H2,1-2H3/t18-,19-,20-,21-,22-/m1/s1. The average Bonchev–Trinajstić information content (AvgIpc) is 3.21. The van der Waals surface area contributed by atoms with Crippen molar-refractivity contribution in [2.45, 2.75) is 43.0 Å². The number of rotatable bonds is 7. The number of carbonyl (C=O) groups is 1. The summed E-state index contributed by atoms with van der Waals surface area (Å²) in [7, 11) is 3.90. The molecule has 0 spiro atoms. The maximum Gasteiger partial charge on any atom is 0.161 e. The van der Waals surface area contributed by atoms with Crippen LogP contribution in [-0.2, 0) is 32.2 Å². The summed E-state index contributed by atoms with van der Waals surface area (Å²) in [5.41, 5.74) is 1.83. The first-order chi connectivity index (χ1) is 14.7. The predicted octanol–water partition coefficient (Wildman–Crippen LogP) is 3.11. The lowest BCUT2D eigenvalue weighted by molar-refractivity contribution is -0.193. The molecule has 6 nitrogen and oxygen atoms in total. The molecule has 0 aromatic heterocycles. The number of carbonyl (C=O) groups excluding carboxylic acids is 1. The number of aldehydes is 1. The number of hydrogen-bond acceptors (Lipinski definition) is 7. The molecule has 30 heavy (non-hydrogen) atoms. The van der Waals surface area contributed by atoms with Gasteiger partial charge in [-0.3, -0.25) is 4.99 Å². The van der Waals surface area contributed by atoms with Gasteiger partial charge in [0.2, 0.25) is 0 Å². The summed E-state index contributed by atoms with van der Waals surface area (Å²) >= 11 is 1.52. The average molecular weight is 427 g/mol. The van der Waals surface area contributed by atoms with E-state index in [0.717, 1.165) is 22.6 Å². The Morgan fingerprint density at radius 1 is 0.967 bits per heavy atom. The van der Waals surface area contributed by atoms with Gasteiger partial charge < -0.3 is 23.9 Å². The van der Waals surface area contributed by atoms with E-state index in [2.05, 4.69) is 0 Å². The van der Waals surface area contributed by atoms with Crippen molar-refractivity contribution in [3.63, 3.8) is 0 Å². The normalized spacial score (nSPS) is 27.9. The highest BCUT2D eigenvalue weighted by Gasteiger charge is 2.51. The summed E-state index contributed by atoms with van der Waals surface area (Å²) in [6.45, 7) is 0.794. The van der Waals surface area contributed by atoms with Crippen LogP contribution in [0.3, 0.4) is 0 Å².